The predicted octanol–water partition coefficient (Wildman–Crippen LogP) is 2.02. The fourth-order valence-corrected chi connectivity index (χ4v) is 3.43. The van der Waals surface area contributed by atoms with E-state index in [0.717, 1.165) is 4.70 Å². The predicted molar refractivity (Wildman–Crippen MR) is 73.5 cm³/mol. The molecule has 0 aliphatic carbocycles. The van der Waals surface area contributed by atoms with E-state index in [4.69, 9.17) is 9.47 Å². The first kappa shape index (κ1) is 13.2. The summed E-state index contributed by atoms with van der Waals surface area (Å²) in [5.41, 5.74) is -0.157. The quantitative estimate of drug-likeness (QED) is 0.809. The molecule has 1 aromatic heterocycles. The minimum atomic E-state index is -1.16. The average Bonchev–Trinajstić information content (AvgIpc) is 2.36. The van der Waals surface area contributed by atoms with E-state index < -0.39 is 11.2 Å². The summed E-state index contributed by atoms with van der Waals surface area (Å²) in [4.78, 5) is 11.9. The van der Waals surface area contributed by atoms with Crippen LogP contribution >= 0.6 is 11.3 Å². The lowest BCUT2D eigenvalue weighted by atomic mass is 10.2. The highest BCUT2D eigenvalue weighted by molar-refractivity contribution is 7.92. The number of hydrogen-bond acceptors (Lipinski definition) is 5. The molecule has 0 amide bonds. The molecule has 0 spiro atoms. The molecule has 0 bridgehead atoms. The highest BCUT2D eigenvalue weighted by Gasteiger charge is 2.13. The van der Waals surface area contributed by atoms with Gasteiger partial charge in [-0.25, -0.2) is 0 Å². The number of rotatable bonds is 3. The van der Waals surface area contributed by atoms with Crippen LogP contribution in [0.2, 0.25) is 0 Å². The molecular weight excluding hydrogens is 272 g/mol. The van der Waals surface area contributed by atoms with Crippen LogP contribution in [-0.4, -0.2) is 25.0 Å². The smallest absolute Gasteiger partial charge is 0.210 e. The lowest BCUT2D eigenvalue weighted by Crippen LogP contribution is -2.05. The molecular formula is C12H12O4S2. The summed E-state index contributed by atoms with van der Waals surface area (Å²) in [6, 6.07) is 4.79. The Morgan fingerprint density at radius 3 is 2.33 bits per heavy atom. The van der Waals surface area contributed by atoms with Gasteiger partial charge in [0.2, 0.25) is 4.21 Å². The largest absolute Gasteiger partial charge is 0.611 e. The second kappa shape index (κ2) is 5.17. The van der Waals surface area contributed by atoms with Gasteiger partial charge in [0.15, 0.2) is 16.9 Å². The van der Waals surface area contributed by atoms with Gasteiger partial charge in [0.05, 0.1) is 20.3 Å². The maximum atomic E-state index is 11.9. The van der Waals surface area contributed by atoms with Crippen LogP contribution in [-0.2, 0) is 11.2 Å². The van der Waals surface area contributed by atoms with Crippen LogP contribution < -0.4 is 14.9 Å². The van der Waals surface area contributed by atoms with Crippen molar-refractivity contribution < 1.29 is 14.0 Å². The Morgan fingerprint density at radius 2 is 1.78 bits per heavy atom. The van der Waals surface area contributed by atoms with Crippen LogP contribution in [0.1, 0.15) is 0 Å². The number of methoxy groups -OCH3 is 2. The van der Waals surface area contributed by atoms with Crippen LogP contribution in [0.25, 0.3) is 10.1 Å². The van der Waals surface area contributed by atoms with Crippen LogP contribution in [0.4, 0.5) is 0 Å². The average molecular weight is 284 g/mol. The zero-order chi connectivity index (χ0) is 13.3. The fraction of sp³-hybridized carbons (Fsp3) is 0.250. The first-order valence-corrected chi connectivity index (χ1v) is 7.47. The molecule has 2 aromatic rings. The molecule has 0 N–H and O–H groups in total. The van der Waals surface area contributed by atoms with Gasteiger partial charge in [-0.1, -0.05) is 11.3 Å². The molecule has 2 rings (SSSR count). The number of benzene rings is 1. The number of hydrogen-bond donors (Lipinski definition) is 0. The van der Waals surface area contributed by atoms with Gasteiger partial charge in [-0.2, -0.15) is 0 Å². The van der Waals surface area contributed by atoms with Crippen molar-refractivity contribution in [3.63, 3.8) is 0 Å². The molecule has 0 aliphatic heterocycles. The van der Waals surface area contributed by atoms with E-state index in [1.807, 2.05) is 0 Å². The Bertz CT molecular complexity index is 634. The lowest BCUT2D eigenvalue weighted by Gasteiger charge is -2.09. The Balaban J connectivity index is 2.76. The van der Waals surface area contributed by atoms with Crippen molar-refractivity contribution in [1.29, 1.82) is 0 Å². The molecule has 1 atom stereocenters. The van der Waals surface area contributed by atoms with Crippen molar-refractivity contribution in [2.45, 2.75) is 4.21 Å². The molecule has 0 radical (unpaired) electrons. The highest BCUT2D eigenvalue weighted by Crippen LogP contribution is 2.33. The van der Waals surface area contributed by atoms with Crippen molar-refractivity contribution in [2.24, 2.45) is 0 Å². The molecule has 4 nitrogen and oxygen atoms in total. The zero-order valence-corrected chi connectivity index (χ0v) is 11.8. The Labute approximate surface area is 111 Å². The number of ether oxygens (including phenoxy) is 2. The van der Waals surface area contributed by atoms with E-state index in [-0.39, 0.29) is 5.43 Å². The normalized spacial score (nSPS) is 12.4. The van der Waals surface area contributed by atoms with Gasteiger partial charge < -0.3 is 14.0 Å². The van der Waals surface area contributed by atoms with E-state index in [1.165, 1.54) is 31.6 Å². The maximum Gasteiger partial charge on any atom is 0.210 e. The van der Waals surface area contributed by atoms with E-state index in [9.17, 15) is 9.35 Å². The topological polar surface area (TPSA) is 58.6 Å². The van der Waals surface area contributed by atoms with Crippen molar-refractivity contribution in [3.05, 3.63) is 28.4 Å². The zero-order valence-electron chi connectivity index (χ0n) is 10.2. The molecule has 0 aliphatic rings. The van der Waals surface area contributed by atoms with Crippen LogP contribution in [0.5, 0.6) is 11.5 Å². The molecule has 6 heteroatoms. The minimum Gasteiger partial charge on any atom is -0.611 e. The van der Waals surface area contributed by atoms with Crippen molar-refractivity contribution >= 4 is 32.6 Å². The first-order valence-electron chi connectivity index (χ1n) is 5.10. The van der Waals surface area contributed by atoms with E-state index in [1.54, 1.807) is 18.4 Å². The van der Waals surface area contributed by atoms with Gasteiger partial charge in [-0.15, -0.1) is 0 Å². The van der Waals surface area contributed by atoms with Crippen LogP contribution in [0, 0.1) is 0 Å². The first-order chi connectivity index (χ1) is 8.56. The molecule has 0 saturated carbocycles. The minimum absolute atomic E-state index is 0.157. The summed E-state index contributed by atoms with van der Waals surface area (Å²) in [6.07, 6.45) is 1.55. The van der Waals surface area contributed by atoms with Crippen molar-refractivity contribution in [3.8, 4) is 11.5 Å². The van der Waals surface area contributed by atoms with Gasteiger partial charge in [0.1, 0.15) is 6.26 Å². The van der Waals surface area contributed by atoms with Gasteiger partial charge in [0.25, 0.3) is 0 Å². The Kier molecular flexibility index (Phi) is 3.79. The molecule has 1 aromatic carbocycles. The summed E-state index contributed by atoms with van der Waals surface area (Å²) in [7, 11) is 3.06. The summed E-state index contributed by atoms with van der Waals surface area (Å²) >= 11 is 0.158. The lowest BCUT2D eigenvalue weighted by molar-refractivity contribution is 0.356. The Hall–Kier alpha value is -1.24. The van der Waals surface area contributed by atoms with Crippen molar-refractivity contribution in [2.75, 3.05) is 20.5 Å². The number of fused-ring (bicyclic) bond motifs is 1. The van der Waals surface area contributed by atoms with Gasteiger partial charge in [-0.05, 0) is 17.2 Å². The summed E-state index contributed by atoms with van der Waals surface area (Å²) < 4.78 is 23.1. The third-order valence-electron chi connectivity index (χ3n) is 2.49. The van der Waals surface area contributed by atoms with Crippen LogP contribution in [0.15, 0.2) is 27.2 Å². The summed E-state index contributed by atoms with van der Waals surface area (Å²) in [5, 5.41) is 0.548. The highest BCUT2D eigenvalue weighted by atomic mass is 32.2. The standard InChI is InChI=1S/C12H12O4S2/c1-15-9-4-7-8(13)5-12(18(3)14)17-11(7)6-10(9)16-2/h4-6H,1-3H3. The fourth-order valence-electron chi connectivity index (χ4n) is 1.60. The van der Waals surface area contributed by atoms with E-state index in [2.05, 4.69) is 0 Å². The van der Waals surface area contributed by atoms with Gasteiger partial charge >= 0.3 is 0 Å². The summed E-state index contributed by atoms with van der Waals surface area (Å²) in [6.45, 7) is 0. The second-order valence-corrected chi connectivity index (χ2v) is 6.28. The van der Waals surface area contributed by atoms with Gasteiger partial charge in [0, 0.05) is 16.2 Å². The molecule has 0 saturated heterocycles. The maximum absolute atomic E-state index is 11.9. The van der Waals surface area contributed by atoms with Gasteiger partial charge in [-0.3, -0.25) is 4.79 Å². The van der Waals surface area contributed by atoms with E-state index >= 15 is 0 Å². The second-order valence-electron chi connectivity index (χ2n) is 3.59. The molecule has 0 fully saturated rings. The third kappa shape index (κ3) is 2.31. The van der Waals surface area contributed by atoms with E-state index in [0.29, 0.717) is 21.1 Å². The van der Waals surface area contributed by atoms with Crippen LogP contribution in [0.3, 0.4) is 0 Å². The SMILES string of the molecule is COc1cc2sc([S+](C)[O-])cc(=O)c2cc1OC. The van der Waals surface area contributed by atoms with Crippen molar-refractivity contribution in [1.82, 2.24) is 0 Å². The molecule has 1 heterocycles. The molecule has 1 unspecified atom stereocenters. The Morgan fingerprint density at radius 1 is 1.17 bits per heavy atom. The third-order valence-corrected chi connectivity index (χ3v) is 5.01. The molecule has 96 valence electrons. The summed E-state index contributed by atoms with van der Waals surface area (Å²) in [5.74, 6) is 1.07. The molecule has 18 heavy (non-hydrogen) atoms. The monoisotopic (exact) mass is 284 g/mol.